The third-order valence-electron chi connectivity index (χ3n) is 3.20. The van der Waals surface area contributed by atoms with Crippen LogP contribution in [-0.4, -0.2) is 22.8 Å². The minimum Gasteiger partial charge on any atom is -0.481 e. The summed E-state index contributed by atoms with van der Waals surface area (Å²) in [6.07, 6.45) is -0.467. The van der Waals surface area contributed by atoms with Gasteiger partial charge in [0, 0.05) is 12.0 Å². The lowest BCUT2D eigenvalue weighted by Crippen LogP contribution is -2.10. The van der Waals surface area contributed by atoms with Gasteiger partial charge in [0.25, 0.3) is 0 Å². The zero-order valence-corrected chi connectivity index (χ0v) is 12.6. The number of esters is 1. The van der Waals surface area contributed by atoms with Crippen molar-refractivity contribution in [2.75, 3.05) is 0 Å². The number of carboxylic acid groups (broad SMARTS) is 1. The molecule has 0 bridgehead atoms. The highest BCUT2D eigenvalue weighted by molar-refractivity contribution is 5.98. The maximum Gasteiger partial charge on any atom is 0.343 e. The summed E-state index contributed by atoms with van der Waals surface area (Å²) in [4.78, 5) is 34.6. The second kappa shape index (κ2) is 7.70. The third-order valence-corrected chi connectivity index (χ3v) is 3.20. The van der Waals surface area contributed by atoms with Crippen LogP contribution >= 0.6 is 0 Å². The molecule has 0 spiro atoms. The van der Waals surface area contributed by atoms with Gasteiger partial charge in [-0.1, -0.05) is 18.2 Å². The molecule has 0 atom stereocenters. The van der Waals surface area contributed by atoms with Crippen molar-refractivity contribution in [2.24, 2.45) is 0 Å². The van der Waals surface area contributed by atoms with Crippen LogP contribution in [0.3, 0.4) is 0 Å². The van der Waals surface area contributed by atoms with Crippen molar-refractivity contribution in [3.63, 3.8) is 0 Å². The smallest absolute Gasteiger partial charge is 0.343 e. The lowest BCUT2D eigenvalue weighted by Gasteiger charge is -2.08. The van der Waals surface area contributed by atoms with Crippen molar-refractivity contribution in [3.05, 3.63) is 65.2 Å². The first-order valence-electron chi connectivity index (χ1n) is 7.07. The Morgan fingerprint density at radius 3 is 2.33 bits per heavy atom. The van der Waals surface area contributed by atoms with Gasteiger partial charge in [-0.25, -0.2) is 4.79 Å². The first-order valence-corrected chi connectivity index (χ1v) is 7.07. The van der Waals surface area contributed by atoms with Crippen molar-refractivity contribution in [1.82, 2.24) is 0 Å². The van der Waals surface area contributed by atoms with Gasteiger partial charge in [-0.15, -0.1) is 0 Å². The summed E-state index contributed by atoms with van der Waals surface area (Å²) < 4.78 is 5.21. The monoisotopic (exact) mass is 323 g/mol. The summed E-state index contributed by atoms with van der Waals surface area (Å²) in [7, 11) is 0. The highest BCUT2D eigenvalue weighted by atomic mass is 16.5. The van der Waals surface area contributed by atoms with Crippen molar-refractivity contribution < 1.29 is 24.2 Å². The van der Waals surface area contributed by atoms with Crippen molar-refractivity contribution in [1.29, 1.82) is 5.26 Å². The molecule has 120 valence electrons. The van der Waals surface area contributed by atoms with Crippen LogP contribution in [0.15, 0.2) is 48.5 Å². The Labute approximate surface area is 137 Å². The lowest BCUT2D eigenvalue weighted by atomic mass is 10.0. The van der Waals surface area contributed by atoms with Gasteiger partial charge in [-0.05, 0) is 30.3 Å². The van der Waals surface area contributed by atoms with Crippen molar-refractivity contribution in [3.8, 4) is 11.8 Å². The predicted molar refractivity (Wildman–Crippen MR) is 83.8 cm³/mol. The van der Waals surface area contributed by atoms with Gasteiger partial charge in [0.2, 0.25) is 0 Å². The second-order valence-electron chi connectivity index (χ2n) is 4.90. The predicted octanol–water partition coefficient (Wildman–Crippen LogP) is 2.82. The number of nitriles is 1. The van der Waals surface area contributed by atoms with E-state index >= 15 is 0 Å². The van der Waals surface area contributed by atoms with Gasteiger partial charge in [0.15, 0.2) is 5.78 Å². The minimum absolute atomic E-state index is 0.0347. The van der Waals surface area contributed by atoms with Crippen LogP contribution in [0, 0.1) is 11.3 Å². The van der Waals surface area contributed by atoms with Crippen LogP contribution in [0.2, 0.25) is 0 Å². The van der Waals surface area contributed by atoms with E-state index in [1.165, 1.54) is 18.2 Å². The van der Waals surface area contributed by atoms with Gasteiger partial charge in [0.05, 0.1) is 17.5 Å². The molecule has 0 aliphatic rings. The number of carbonyl (C=O) groups is 3. The van der Waals surface area contributed by atoms with Crippen LogP contribution in [0.25, 0.3) is 0 Å². The van der Waals surface area contributed by atoms with Gasteiger partial charge in [0.1, 0.15) is 11.8 Å². The van der Waals surface area contributed by atoms with Crippen LogP contribution in [-0.2, 0) is 4.79 Å². The molecular formula is C18H13NO5. The molecular weight excluding hydrogens is 310 g/mol. The number of carbonyl (C=O) groups excluding carboxylic acids is 2. The normalized spacial score (nSPS) is 9.79. The molecule has 0 aliphatic heterocycles. The Kier molecular flexibility index (Phi) is 5.42. The number of ketones is 1. The minimum atomic E-state index is -1.08. The molecule has 0 aliphatic carbocycles. The average Bonchev–Trinajstić information content (AvgIpc) is 2.60. The number of nitrogens with zero attached hydrogens (tertiary/aromatic N) is 1. The number of rotatable bonds is 6. The average molecular weight is 323 g/mol. The first kappa shape index (κ1) is 16.9. The number of benzene rings is 2. The van der Waals surface area contributed by atoms with E-state index in [0.717, 1.165) is 0 Å². The quantitative estimate of drug-likeness (QED) is 0.498. The zero-order chi connectivity index (χ0) is 17.5. The van der Waals surface area contributed by atoms with E-state index in [0.29, 0.717) is 5.56 Å². The Morgan fingerprint density at radius 2 is 1.71 bits per heavy atom. The molecule has 2 aromatic carbocycles. The molecule has 0 unspecified atom stereocenters. The Balaban J connectivity index is 2.23. The lowest BCUT2D eigenvalue weighted by molar-refractivity contribution is -0.136. The molecule has 2 aromatic rings. The Morgan fingerprint density at radius 1 is 1.00 bits per heavy atom. The van der Waals surface area contributed by atoms with Gasteiger partial charge in [-0.2, -0.15) is 5.26 Å². The molecule has 0 heterocycles. The van der Waals surface area contributed by atoms with Crippen molar-refractivity contribution in [2.45, 2.75) is 12.8 Å². The maximum absolute atomic E-state index is 12.1. The van der Waals surface area contributed by atoms with E-state index in [1.807, 2.05) is 6.07 Å². The maximum atomic E-state index is 12.1. The summed E-state index contributed by atoms with van der Waals surface area (Å²) in [6.45, 7) is 0. The van der Waals surface area contributed by atoms with E-state index in [4.69, 9.17) is 15.1 Å². The SMILES string of the molecule is N#Cc1ccc(C(=O)CCC(=O)O)cc1OC(=O)c1ccccc1. The molecule has 24 heavy (non-hydrogen) atoms. The van der Waals surface area contributed by atoms with E-state index in [9.17, 15) is 14.4 Å². The van der Waals surface area contributed by atoms with E-state index < -0.39 is 17.7 Å². The molecule has 0 saturated carbocycles. The zero-order valence-electron chi connectivity index (χ0n) is 12.6. The molecule has 0 aromatic heterocycles. The number of hydrogen-bond acceptors (Lipinski definition) is 5. The van der Waals surface area contributed by atoms with Crippen LogP contribution in [0.4, 0.5) is 0 Å². The topological polar surface area (TPSA) is 104 Å². The number of Topliss-reactive ketones (excluding diaryl/α,β-unsaturated/α-hetero) is 1. The number of hydrogen-bond donors (Lipinski definition) is 1. The third kappa shape index (κ3) is 4.27. The standard InChI is InChI=1S/C18H13NO5/c19-11-14-7-6-13(15(20)8-9-17(21)22)10-16(14)24-18(23)12-4-2-1-3-5-12/h1-7,10H,8-9H2,(H,21,22). The fourth-order valence-corrected chi connectivity index (χ4v) is 1.97. The molecule has 0 radical (unpaired) electrons. The van der Waals surface area contributed by atoms with Gasteiger partial charge < -0.3 is 9.84 Å². The molecule has 0 fully saturated rings. The van der Waals surface area contributed by atoms with Gasteiger partial charge >= 0.3 is 11.9 Å². The molecule has 2 rings (SSSR count). The van der Waals surface area contributed by atoms with Gasteiger partial charge in [-0.3, -0.25) is 9.59 Å². The number of aliphatic carboxylic acids is 1. The summed E-state index contributed by atoms with van der Waals surface area (Å²) in [5, 5.41) is 17.7. The summed E-state index contributed by atoms with van der Waals surface area (Å²) in [5.41, 5.74) is 0.601. The Bertz CT molecular complexity index is 821. The number of carboxylic acids is 1. The fourth-order valence-electron chi connectivity index (χ4n) is 1.97. The Hall–Kier alpha value is -3.46. The molecule has 0 amide bonds. The fraction of sp³-hybridized carbons (Fsp3) is 0.111. The summed E-state index contributed by atoms with van der Waals surface area (Å²) in [6, 6.07) is 14.2. The highest BCUT2D eigenvalue weighted by Crippen LogP contribution is 2.22. The van der Waals surface area contributed by atoms with E-state index in [2.05, 4.69) is 0 Å². The van der Waals surface area contributed by atoms with E-state index in [1.54, 1.807) is 30.3 Å². The van der Waals surface area contributed by atoms with Crippen LogP contribution < -0.4 is 4.74 Å². The van der Waals surface area contributed by atoms with Crippen molar-refractivity contribution >= 4 is 17.7 Å². The highest BCUT2D eigenvalue weighted by Gasteiger charge is 2.15. The van der Waals surface area contributed by atoms with Crippen LogP contribution in [0.1, 0.15) is 39.1 Å². The number of ether oxygens (including phenoxy) is 1. The second-order valence-corrected chi connectivity index (χ2v) is 4.90. The summed E-state index contributed by atoms with van der Waals surface area (Å²) >= 11 is 0. The molecule has 6 heteroatoms. The molecule has 6 nitrogen and oxygen atoms in total. The first-order chi connectivity index (χ1) is 11.5. The van der Waals surface area contributed by atoms with Crippen LogP contribution in [0.5, 0.6) is 5.75 Å². The molecule has 1 N–H and O–H groups in total. The largest absolute Gasteiger partial charge is 0.481 e. The summed E-state index contributed by atoms with van der Waals surface area (Å²) in [5.74, 6) is -2.17. The molecule has 0 saturated heterocycles. The van der Waals surface area contributed by atoms with E-state index in [-0.39, 0.29) is 29.7 Å².